The highest BCUT2D eigenvalue weighted by atomic mass is 35.5. The molecule has 0 aliphatic carbocycles. The summed E-state index contributed by atoms with van der Waals surface area (Å²) in [5.74, 6) is 0. The zero-order valence-electron chi connectivity index (χ0n) is 8.74. The average molecular weight is 256 g/mol. The van der Waals surface area contributed by atoms with Gasteiger partial charge in [-0.3, -0.25) is 0 Å². The van der Waals surface area contributed by atoms with Crippen LogP contribution in [-0.2, 0) is 6.54 Å². The molecule has 0 amide bonds. The molecule has 1 N–H and O–H groups in total. The first kappa shape index (κ1) is 11.5. The minimum absolute atomic E-state index is 0.607. The summed E-state index contributed by atoms with van der Waals surface area (Å²) in [4.78, 5) is 0. The third-order valence-electron chi connectivity index (χ3n) is 2.22. The van der Waals surface area contributed by atoms with Crippen molar-refractivity contribution in [2.45, 2.75) is 6.54 Å². The summed E-state index contributed by atoms with van der Waals surface area (Å²) in [5, 5.41) is 8.50. The standard InChI is InChI=1S/C11H11Cl2N3/c1-14-5-8-2-3-10(4-11(8)13)16-7-9(12)6-15-16/h2-4,6-7,14H,5H2,1H3. The lowest BCUT2D eigenvalue weighted by molar-refractivity contribution is 0.815. The highest BCUT2D eigenvalue weighted by Gasteiger charge is 2.03. The van der Waals surface area contributed by atoms with Crippen molar-refractivity contribution in [1.82, 2.24) is 15.1 Å². The molecule has 2 rings (SSSR count). The van der Waals surface area contributed by atoms with E-state index in [2.05, 4.69) is 10.4 Å². The smallest absolute Gasteiger partial charge is 0.0790 e. The molecule has 0 aliphatic heterocycles. The lowest BCUT2D eigenvalue weighted by atomic mass is 10.2. The monoisotopic (exact) mass is 255 g/mol. The largest absolute Gasteiger partial charge is 0.316 e. The maximum absolute atomic E-state index is 6.15. The van der Waals surface area contributed by atoms with Crippen molar-refractivity contribution >= 4 is 23.2 Å². The highest BCUT2D eigenvalue weighted by Crippen LogP contribution is 2.20. The zero-order chi connectivity index (χ0) is 11.5. The molecule has 1 aromatic heterocycles. The van der Waals surface area contributed by atoms with Crippen LogP contribution in [0.2, 0.25) is 10.0 Å². The fourth-order valence-corrected chi connectivity index (χ4v) is 1.83. The van der Waals surface area contributed by atoms with Crippen molar-refractivity contribution in [3.05, 3.63) is 46.2 Å². The third-order valence-corrected chi connectivity index (χ3v) is 2.77. The van der Waals surface area contributed by atoms with E-state index in [1.807, 2.05) is 25.2 Å². The fraction of sp³-hybridized carbons (Fsp3) is 0.182. The van der Waals surface area contributed by atoms with Crippen molar-refractivity contribution in [3.8, 4) is 5.69 Å². The van der Waals surface area contributed by atoms with Gasteiger partial charge in [0, 0.05) is 17.8 Å². The van der Waals surface area contributed by atoms with Crippen molar-refractivity contribution in [1.29, 1.82) is 0 Å². The lowest BCUT2D eigenvalue weighted by Gasteiger charge is -2.06. The Morgan fingerprint density at radius 2 is 2.19 bits per heavy atom. The van der Waals surface area contributed by atoms with Gasteiger partial charge in [-0.1, -0.05) is 29.3 Å². The van der Waals surface area contributed by atoms with E-state index >= 15 is 0 Å². The van der Waals surface area contributed by atoms with Gasteiger partial charge >= 0.3 is 0 Å². The minimum atomic E-state index is 0.607. The van der Waals surface area contributed by atoms with E-state index in [4.69, 9.17) is 23.2 Å². The Bertz CT molecular complexity index is 494. The maximum Gasteiger partial charge on any atom is 0.0790 e. The number of hydrogen-bond acceptors (Lipinski definition) is 2. The fourth-order valence-electron chi connectivity index (χ4n) is 1.45. The lowest BCUT2D eigenvalue weighted by Crippen LogP contribution is -2.06. The Labute approximate surface area is 104 Å². The van der Waals surface area contributed by atoms with Crippen molar-refractivity contribution in [3.63, 3.8) is 0 Å². The van der Waals surface area contributed by atoms with Crippen LogP contribution < -0.4 is 5.32 Å². The van der Waals surface area contributed by atoms with Crippen LogP contribution in [0.15, 0.2) is 30.6 Å². The van der Waals surface area contributed by atoms with E-state index < -0.39 is 0 Å². The number of nitrogens with zero attached hydrogens (tertiary/aromatic N) is 2. The predicted molar refractivity (Wildman–Crippen MR) is 66.3 cm³/mol. The summed E-state index contributed by atoms with van der Waals surface area (Å²) in [6.07, 6.45) is 3.34. The molecule has 0 radical (unpaired) electrons. The molecule has 0 spiro atoms. The second kappa shape index (κ2) is 4.87. The normalized spacial score (nSPS) is 10.7. The second-order valence-electron chi connectivity index (χ2n) is 3.41. The zero-order valence-corrected chi connectivity index (χ0v) is 10.3. The molecule has 1 heterocycles. The van der Waals surface area contributed by atoms with Crippen LogP contribution in [0, 0.1) is 0 Å². The highest BCUT2D eigenvalue weighted by molar-refractivity contribution is 6.31. The van der Waals surface area contributed by atoms with Crippen molar-refractivity contribution in [2.75, 3.05) is 7.05 Å². The van der Waals surface area contributed by atoms with E-state index in [1.165, 1.54) is 0 Å². The van der Waals surface area contributed by atoms with Crippen LogP contribution >= 0.6 is 23.2 Å². The van der Waals surface area contributed by atoms with Gasteiger partial charge in [-0.25, -0.2) is 4.68 Å². The number of halogens is 2. The first-order valence-electron chi connectivity index (χ1n) is 4.84. The molecule has 0 unspecified atom stereocenters. The average Bonchev–Trinajstić information content (AvgIpc) is 2.68. The molecule has 0 aliphatic rings. The van der Waals surface area contributed by atoms with Gasteiger partial charge in [0.2, 0.25) is 0 Å². The molecule has 0 bridgehead atoms. The number of nitrogens with one attached hydrogen (secondary N) is 1. The van der Waals surface area contributed by atoms with Crippen molar-refractivity contribution < 1.29 is 0 Å². The van der Waals surface area contributed by atoms with Crippen LogP contribution in [0.25, 0.3) is 5.69 Å². The Hall–Kier alpha value is -1.03. The summed E-state index contributed by atoms with van der Waals surface area (Å²) < 4.78 is 1.69. The van der Waals surface area contributed by atoms with Crippen molar-refractivity contribution in [2.24, 2.45) is 0 Å². The number of benzene rings is 1. The van der Waals surface area contributed by atoms with Gasteiger partial charge in [-0.15, -0.1) is 0 Å². The maximum atomic E-state index is 6.15. The topological polar surface area (TPSA) is 29.9 Å². The molecule has 16 heavy (non-hydrogen) atoms. The van der Waals surface area contributed by atoms with Crippen LogP contribution in [0.1, 0.15) is 5.56 Å². The number of aromatic nitrogens is 2. The van der Waals surface area contributed by atoms with Crippen LogP contribution in [0.3, 0.4) is 0 Å². The van der Waals surface area contributed by atoms with Crippen LogP contribution in [-0.4, -0.2) is 16.8 Å². The third kappa shape index (κ3) is 2.38. The van der Waals surface area contributed by atoms with Gasteiger partial charge in [0.1, 0.15) is 0 Å². The molecule has 0 fully saturated rings. The summed E-state index contributed by atoms with van der Waals surface area (Å²) >= 11 is 12.0. The van der Waals surface area contributed by atoms with Gasteiger partial charge in [-0.05, 0) is 24.7 Å². The summed E-state index contributed by atoms with van der Waals surface area (Å²) in [6.45, 7) is 0.749. The number of hydrogen-bond donors (Lipinski definition) is 1. The second-order valence-corrected chi connectivity index (χ2v) is 4.25. The first-order chi connectivity index (χ1) is 7.70. The molecule has 5 heteroatoms. The Kier molecular flexibility index (Phi) is 3.49. The quantitative estimate of drug-likeness (QED) is 0.915. The minimum Gasteiger partial charge on any atom is -0.316 e. The molecule has 84 valence electrons. The van der Waals surface area contributed by atoms with Gasteiger partial charge in [-0.2, -0.15) is 5.10 Å². The van der Waals surface area contributed by atoms with Gasteiger partial charge in [0.25, 0.3) is 0 Å². The first-order valence-corrected chi connectivity index (χ1v) is 5.60. The number of rotatable bonds is 3. The van der Waals surface area contributed by atoms with Gasteiger partial charge in [0.05, 0.1) is 16.9 Å². The molecular formula is C11H11Cl2N3. The molecular weight excluding hydrogens is 245 g/mol. The van der Waals surface area contributed by atoms with E-state index in [-0.39, 0.29) is 0 Å². The molecule has 0 atom stereocenters. The van der Waals surface area contributed by atoms with Gasteiger partial charge in [0.15, 0.2) is 0 Å². The Morgan fingerprint density at radius 1 is 1.38 bits per heavy atom. The van der Waals surface area contributed by atoms with E-state index in [1.54, 1.807) is 17.1 Å². The summed E-state index contributed by atoms with van der Waals surface area (Å²) in [7, 11) is 1.89. The van der Waals surface area contributed by atoms with E-state index in [0.717, 1.165) is 22.8 Å². The SMILES string of the molecule is CNCc1ccc(-n2cc(Cl)cn2)cc1Cl. The van der Waals surface area contributed by atoms with Crippen LogP contribution in [0.5, 0.6) is 0 Å². The molecule has 2 aromatic rings. The predicted octanol–water partition coefficient (Wildman–Crippen LogP) is 2.90. The Morgan fingerprint density at radius 3 is 2.75 bits per heavy atom. The summed E-state index contributed by atoms with van der Waals surface area (Å²) in [6, 6.07) is 5.81. The van der Waals surface area contributed by atoms with Crippen LogP contribution in [0.4, 0.5) is 0 Å². The van der Waals surface area contributed by atoms with E-state index in [9.17, 15) is 0 Å². The Balaban J connectivity index is 2.34. The molecule has 3 nitrogen and oxygen atoms in total. The van der Waals surface area contributed by atoms with E-state index in [0.29, 0.717) is 5.02 Å². The molecule has 0 saturated carbocycles. The molecule has 0 saturated heterocycles. The molecule has 1 aromatic carbocycles. The van der Waals surface area contributed by atoms with Gasteiger partial charge < -0.3 is 5.32 Å². The summed E-state index contributed by atoms with van der Waals surface area (Å²) in [5.41, 5.74) is 1.96.